The van der Waals surface area contributed by atoms with E-state index in [1.165, 1.54) is 6.92 Å². The maximum atomic E-state index is 10.0. The van der Waals surface area contributed by atoms with E-state index in [1.807, 2.05) is 0 Å². The zero-order valence-electron chi connectivity index (χ0n) is 4.83. The summed E-state index contributed by atoms with van der Waals surface area (Å²) in [4.78, 5) is 10.0. The molecule has 0 unspecified atom stereocenters. The molecule has 0 N–H and O–H groups in total. The van der Waals surface area contributed by atoms with E-state index in [0.29, 0.717) is 0 Å². The van der Waals surface area contributed by atoms with Gasteiger partial charge in [0.15, 0.2) is 0 Å². The second kappa shape index (κ2) is 4.93. The molecule has 0 fully saturated rings. The third kappa shape index (κ3) is 8.10. The second-order valence-electron chi connectivity index (χ2n) is 1.23. The van der Waals surface area contributed by atoms with Crippen LogP contribution in [-0.4, -0.2) is 17.3 Å². The van der Waals surface area contributed by atoms with Gasteiger partial charge in [0.2, 0.25) is 0 Å². The quantitative estimate of drug-likeness (QED) is 0.489. The van der Waals surface area contributed by atoms with Crippen LogP contribution in [0.5, 0.6) is 0 Å². The molecule has 0 bridgehead atoms. The molecule has 0 aromatic rings. The Labute approximate surface area is 66.8 Å². The van der Waals surface area contributed by atoms with E-state index in [4.69, 9.17) is 0 Å². The fourth-order valence-corrected chi connectivity index (χ4v) is 3.39. The van der Waals surface area contributed by atoms with Gasteiger partial charge in [-0.05, 0) is 0 Å². The fourth-order valence-electron chi connectivity index (χ4n) is 0.207. The van der Waals surface area contributed by atoms with Crippen molar-refractivity contribution in [2.24, 2.45) is 0 Å². The molecule has 48 valence electrons. The van der Waals surface area contributed by atoms with Crippen molar-refractivity contribution >= 4 is 19.1 Å². The summed E-state index contributed by atoms with van der Waals surface area (Å²) < 4.78 is 25.2. The monoisotopic (exact) mass is 338 g/mol. The molecule has 0 amide bonds. The third-order valence-electron chi connectivity index (χ3n) is 0.491. The van der Waals surface area contributed by atoms with Gasteiger partial charge in [0.1, 0.15) is 0 Å². The zero-order valence-corrected chi connectivity index (χ0v) is 11.1. The van der Waals surface area contributed by atoms with E-state index in [0.717, 1.165) is 2.88 Å². The Hall–Kier alpha value is 0.0951. The minimum atomic E-state index is -2.14. The van der Waals surface area contributed by atoms with Crippen molar-refractivity contribution in [1.29, 1.82) is 0 Å². The van der Waals surface area contributed by atoms with Crippen molar-refractivity contribution in [3.05, 3.63) is 0 Å². The van der Waals surface area contributed by atoms with Gasteiger partial charge >= 0.3 is 67.0 Å². The van der Waals surface area contributed by atoms with Crippen LogP contribution in [0.4, 0.5) is 0 Å². The molecular weight excluding hydrogens is 333 g/mol. The van der Waals surface area contributed by atoms with Gasteiger partial charge in [0.05, 0.1) is 0 Å². The van der Waals surface area contributed by atoms with E-state index in [9.17, 15) is 13.2 Å². The molecule has 0 rings (SSSR count). The number of hydrogen-bond acceptors (Lipinski definition) is 4. The van der Waals surface area contributed by atoms with Crippen LogP contribution < -0.4 is 0 Å². The minimum absolute atomic E-state index is 0.390. The molecule has 0 saturated carbocycles. The number of carbonyl (C=O) groups is 1. The van der Waals surface area contributed by atoms with Gasteiger partial charge in [-0.1, -0.05) is 0 Å². The normalized spacial score (nSPS) is 7.22. The van der Waals surface area contributed by atoms with Gasteiger partial charge in [0, 0.05) is 0 Å². The number of rotatable bonds is 2. The summed E-state index contributed by atoms with van der Waals surface area (Å²) in [7, 11) is -2.14. The third-order valence-corrected chi connectivity index (χ3v) is 7.89. The summed E-state index contributed by atoms with van der Waals surface area (Å²) in [6.07, 6.45) is 0. The first-order valence-corrected chi connectivity index (χ1v) is 8.73. The Morgan fingerprint density at radius 2 is 2.22 bits per heavy atom. The van der Waals surface area contributed by atoms with Crippen LogP contribution in [0.25, 0.3) is 0 Å². The predicted octanol–water partition coefficient (Wildman–Crippen LogP) is -0.814. The predicted molar refractivity (Wildman–Crippen MR) is 26.7 cm³/mol. The molecule has 0 heterocycles. The second-order valence-corrected chi connectivity index (χ2v) is 8.39. The molecule has 0 saturated heterocycles. The number of carbonyl (C=O) groups excluding carboxylic acids is 1. The first-order chi connectivity index (χ1) is 4.13. The van der Waals surface area contributed by atoms with Gasteiger partial charge < -0.3 is 0 Å². The van der Waals surface area contributed by atoms with E-state index >= 15 is 0 Å². The van der Waals surface area contributed by atoms with Gasteiger partial charge in [-0.25, -0.2) is 0 Å². The van der Waals surface area contributed by atoms with Crippen LogP contribution in [0, 0.1) is 0 Å². The molecular formula is C3H4HgO4S. The van der Waals surface area contributed by atoms with Crippen LogP contribution in [0.15, 0.2) is 0 Å². The molecule has 0 aliphatic carbocycles. The fraction of sp³-hybridized carbons (Fsp3) is 0.333. The molecule has 4 nitrogen and oxygen atoms in total. The van der Waals surface area contributed by atoms with Crippen molar-refractivity contribution in [2.75, 3.05) is 0 Å². The Kier molecular flexibility index (Phi) is 4.98. The molecule has 0 radical (unpaired) electrons. The van der Waals surface area contributed by atoms with Crippen molar-refractivity contribution in [3.8, 4) is 0 Å². The summed E-state index contributed by atoms with van der Waals surface area (Å²) in [5, 5.41) is 0. The van der Waals surface area contributed by atoms with Crippen molar-refractivity contribution < 1.29 is 40.9 Å². The van der Waals surface area contributed by atoms with Crippen molar-refractivity contribution in [1.82, 2.24) is 0 Å². The average molecular weight is 337 g/mol. The van der Waals surface area contributed by atoms with Gasteiger partial charge in [0.25, 0.3) is 0 Å². The van der Waals surface area contributed by atoms with Crippen LogP contribution >= 0.6 is 0 Å². The van der Waals surface area contributed by atoms with E-state index in [-0.39, 0.29) is 0 Å². The summed E-state index contributed by atoms with van der Waals surface area (Å²) in [6, 6.07) is 0. The Morgan fingerprint density at radius 3 is 2.56 bits per heavy atom. The van der Waals surface area contributed by atoms with E-state index in [1.54, 1.807) is 0 Å². The Bertz CT molecular complexity index is 208. The summed E-state index contributed by atoms with van der Waals surface area (Å²) in [5.41, 5.74) is 0. The van der Waals surface area contributed by atoms with E-state index < -0.39 is 41.3 Å². The first-order valence-electron chi connectivity index (χ1n) is 2.17. The van der Waals surface area contributed by atoms with Crippen LogP contribution in [0.3, 0.4) is 0 Å². The van der Waals surface area contributed by atoms with Crippen molar-refractivity contribution in [2.45, 2.75) is 6.92 Å². The SMILES string of the molecule is CC(=O)[O][Hg][CH]=S(=O)=O. The Balaban J connectivity index is 3.55. The van der Waals surface area contributed by atoms with Gasteiger partial charge in [-0.2, -0.15) is 0 Å². The molecule has 0 aliphatic rings. The first kappa shape index (κ1) is 9.10. The molecule has 9 heavy (non-hydrogen) atoms. The summed E-state index contributed by atoms with van der Waals surface area (Å²) >= 11 is -1.93. The number of hydrogen-bond donors (Lipinski definition) is 0. The summed E-state index contributed by atoms with van der Waals surface area (Å²) in [6.45, 7) is 1.27. The molecule has 0 aliphatic heterocycles. The van der Waals surface area contributed by atoms with Gasteiger partial charge in [-0.3, -0.25) is 0 Å². The van der Waals surface area contributed by atoms with Crippen LogP contribution in [0.2, 0.25) is 0 Å². The molecule has 0 aromatic carbocycles. The van der Waals surface area contributed by atoms with Crippen LogP contribution in [-0.2, 0) is 42.8 Å². The molecule has 0 aromatic heterocycles. The van der Waals surface area contributed by atoms with Crippen LogP contribution in [0.1, 0.15) is 6.92 Å². The Morgan fingerprint density at radius 1 is 1.67 bits per heavy atom. The topological polar surface area (TPSA) is 60.4 Å². The zero-order chi connectivity index (χ0) is 7.28. The van der Waals surface area contributed by atoms with Gasteiger partial charge in [-0.15, -0.1) is 0 Å². The molecule has 0 spiro atoms. The maximum absolute atomic E-state index is 10.0. The van der Waals surface area contributed by atoms with E-state index in [2.05, 4.69) is 2.64 Å². The molecule has 6 heteroatoms. The standard InChI is InChI=1S/C2H4O2.CHO2S.Hg/c1-2(3)4;1-4(2)3;/h1H3,(H,3,4);1H;/q;;+1/p-1. The average Bonchev–Trinajstić information content (AvgIpc) is 1.63. The summed E-state index contributed by atoms with van der Waals surface area (Å²) in [5.74, 6) is -0.390. The van der Waals surface area contributed by atoms with Crippen molar-refractivity contribution in [3.63, 3.8) is 0 Å². The molecule has 0 atom stereocenters.